The third kappa shape index (κ3) is 4.00. The highest BCUT2D eigenvalue weighted by Crippen LogP contribution is 2.23. The summed E-state index contributed by atoms with van der Waals surface area (Å²) < 4.78 is 6.88. The van der Waals surface area contributed by atoms with E-state index in [0.29, 0.717) is 30.0 Å². The number of pyridine rings is 1. The lowest BCUT2D eigenvalue weighted by Crippen LogP contribution is -2.37. The van der Waals surface area contributed by atoms with Crippen LogP contribution < -0.4 is 15.2 Å². The Balaban J connectivity index is 1.39. The van der Waals surface area contributed by atoms with Gasteiger partial charge in [-0.3, -0.25) is 14.3 Å². The highest BCUT2D eigenvalue weighted by atomic mass is 16.5. The Labute approximate surface area is 162 Å². The zero-order valence-electron chi connectivity index (χ0n) is 15.7. The number of nitrogens with zero attached hydrogens (tertiary/aromatic N) is 6. The fraction of sp³-hybridized carbons (Fsp3) is 0.350. The molecule has 0 bridgehead atoms. The van der Waals surface area contributed by atoms with Crippen molar-refractivity contribution in [3.05, 3.63) is 59.5 Å². The van der Waals surface area contributed by atoms with Crippen molar-refractivity contribution in [3.63, 3.8) is 0 Å². The van der Waals surface area contributed by atoms with Crippen LogP contribution in [0.1, 0.15) is 12.8 Å². The normalized spacial score (nSPS) is 14.8. The average Bonchev–Trinajstić information content (AvgIpc) is 2.76. The summed E-state index contributed by atoms with van der Waals surface area (Å²) in [5.41, 5.74) is 1.54. The molecule has 0 unspecified atom stereocenters. The third-order valence-electron chi connectivity index (χ3n) is 5.03. The maximum absolute atomic E-state index is 12.5. The first-order valence-electron chi connectivity index (χ1n) is 9.32. The van der Waals surface area contributed by atoms with E-state index in [0.717, 1.165) is 31.5 Å². The van der Waals surface area contributed by atoms with Crippen molar-refractivity contribution in [3.8, 4) is 17.1 Å². The molecule has 28 heavy (non-hydrogen) atoms. The van der Waals surface area contributed by atoms with Crippen LogP contribution in [0.2, 0.25) is 0 Å². The van der Waals surface area contributed by atoms with E-state index < -0.39 is 0 Å². The van der Waals surface area contributed by atoms with Crippen molar-refractivity contribution in [1.29, 1.82) is 0 Å². The van der Waals surface area contributed by atoms with Crippen molar-refractivity contribution >= 4 is 5.95 Å². The molecule has 3 aromatic rings. The van der Waals surface area contributed by atoms with E-state index in [1.807, 2.05) is 12.1 Å². The number of methoxy groups -OCH3 is 1. The SMILES string of the molecule is COc1ccnc(N2CCC(Cn3cnc(-c4ccncc4)cc3=O)CC2)n1. The van der Waals surface area contributed by atoms with Gasteiger partial charge in [0.1, 0.15) is 0 Å². The average molecular weight is 378 g/mol. The predicted molar refractivity (Wildman–Crippen MR) is 105 cm³/mol. The zero-order valence-corrected chi connectivity index (χ0v) is 15.7. The molecule has 0 saturated carbocycles. The van der Waals surface area contributed by atoms with E-state index in [2.05, 4.69) is 24.8 Å². The number of anilines is 1. The van der Waals surface area contributed by atoms with E-state index in [1.165, 1.54) is 0 Å². The molecule has 0 atom stereocenters. The lowest BCUT2D eigenvalue weighted by Gasteiger charge is -2.32. The standard InChI is InChI=1S/C20H22N6O2/c1-28-18-4-9-22-20(24-18)25-10-5-15(6-11-25)13-26-14-23-17(12-19(26)27)16-2-7-21-8-3-16/h2-4,7-9,12,14-15H,5-6,10-11,13H2,1H3. The molecule has 3 aromatic heterocycles. The highest BCUT2D eigenvalue weighted by Gasteiger charge is 2.22. The zero-order chi connectivity index (χ0) is 19.3. The van der Waals surface area contributed by atoms with Gasteiger partial charge >= 0.3 is 0 Å². The first-order chi connectivity index (χ1) is 13.7. The smallest absolute Gasteiger partial charge is 0.253 e. The Morgan fingerprint density at radius 1 is 1.11 bits per heavy atom. The monoisotopic (exact) mass is 378 g/mol. The van der Waals surface area contributed by atoms with Gasteiger partial charge in [0.25, 0.3) is 5.56 Å². The van der Waals surface area contributed by atoms with Gasteiger partial charge in [-0.25, -0.2) is 9.97 Å². The van der Waals surface area contributed by atoms with Gasteiger partial charge in [-0.15, -0.1) is 0 Å². The predicted octanol–water partition coefficient (Wildman–Crippen LogP) is 2.02. The molecule has 1 aliphatic heterocycles. The van der Waals surface area contributed by atoms with E-state index in [9.17, 15) is 4.79 Å². The minimum atomic E-state index is -0.0274. The maximum Gasteiger partial charge on any atom is 0.253 e. The molecule has 8 heteroatoms. The lowest BCUT2D eigenvalue weighted by molar-refractivity contribution is 0.347. The van der Waals surface area contributed by atoms with Gasteiger partial charge in [0.15, 0.2) is 0 Å². The van der Waals surface area contributed by atoms with Crippen LogP contribution >= 0.6 is 0 Å². The third-order valence-corrected chi connectivity index (χ3v) is 5.03. The molecule has 0 aromatic carbocycles. The molecule has 8 nitrogen and oxygen atoms in total. The number of rotatable bonds is 5. The van der Waals surface area contributed by atoms with E-state index >= 15 is 0 Å². The van der Waals surface area contributed by atoms with E-state index in [4.69, 9.17) is 4.74 Å². The van der Waals surface area contributed by atoms with Crippen molar-refractivity contribution < 1.29 is 4.74 Å². The van der Waals surface area contributed by atoms with Crippen LogP contribution in [0.5, 0.6) is 5.88 Å². The van der Waals surface area contributed by atoms with Gasteiger partial charge in [0, 0.05) is 55.9 Å². The molecule has 4 heterocycles. The van der Waals surface area contributed by atoms with Crippen LogP contribution in [-0.2, 0) is 6.54 Å². The summed E-state index contributed by atoms with van der Waals surface area (Å²) in [6, 6.07) is 7.03. The lowest BCUT2D eigenvalue weighted by atomic mass is 9.97. The fourth-order valence-electron chi connectivity index (χ4n) is 3.44. The molecule has 1 fully saturated rings. The largest absolute Gasteiger partial charge is 0.481 e. The Hall–Kier alpha value is -3.29. The second kappa shape index (κ2) is 8.16. The van der Waals surface area contributed by atoms with Crippen molar-refractivity contribution in [2.24, 2.45) is 5.92 Å². The molecule has 0 amide bonds. The molecular weight excluding hydrogens is 356 g/mol. The molecular formula is C20H22N6O2. The highest BCUT2D eigenvalue weighted by molar-refractivity contribution is 5.57. The van der Waals surface area contributed by atoms with Gasteiger partial charge in [-0.1, -0.05) is 0 Å². The Morgan fingerprint density at radius 3 is 2.61 bits per heavy atom. The van der Waals surface area contributed by atoms with Gasteiger partial charge in [-0.05, 0) is 30.9 Å². The fourth-order valence-corrected chi connectivity index (χ4v) is 3.44. The van der Waals surface area contributed by atoms with Gasteiger partial charge in [0.2, 0.25) is 11.8 Å². The molecule has 144 valence electrons. The van der Waals surface area contributed by atoms with Gasteiger partial charge in [0.05, 0.1) is 19.1 Å². The molecule has 0 spiro atoms. The Kier molecular flexibility index (Phi) is 5.27. The van der Waals surface area contributed by atoms with Crippen molar-refractivity contribution in [2.75, 3.05) is 25.1 Å². The summed E-state index contributed by atoms with van der Waals surface area (Å²) >= 11 is 0. The second-order valence-corrected chi connectivity index (χ2v) is 6.83. The molecule has 0 aliphatic carbocycles. The number of aromatic nitrogens is 5. The number of ether oxygens (including phenoxy) is 1. The number of piperidine rings is 1. The van der Waals surface area contributed by atoms with E-state index in [1.54, 1.807) is 48.7 Å². The van der Waals surface area contributed by atoms with Crippen LogP contribution in [-0.4, -0.2) is 44.7 Å². The van der Waals surface area contributed by atoms with Crippen molar-refractivity contribution in [2.45, 2.75) is 19.4 Å². The molecule has 1 saturated heterocycles. The minimum Gasteiger partial charge on any atom is -0.481 e. The van der Waals surface area contributed by atoms with Gasteiger partial charge in [-0.2, -0.15) is 4.98 Å². The minimum absolute atomic E-state index is 0.0274. The second-order valence-electron chi connectivity index (χ2n) is 6.83. The summed E-state index contributed by atoms with van der Waals surface area (Å²) in [6.07, 6.45) is 8.70. The summed E-state index contributed by atoms with van der Waals surface area (Å²) in [5.74, 6) is 1.69. The molecule has 4 rings (SSSR count). The summed E-state index contributed by atoms with van der Waals surface area (Å²) in [7, 11) is 1.60. The maximum atomic E-state index is 12.5. The Bertz CT molecular complexity index is 983. The van der Waals surface area contributed by atoms with Crippen molar-refractivity contribution in [1.82, 2.24) is 24.5 Å². The molecule has 0 radical (unpaired) electrons. The number of hydrogen-bond donors (Lipinski definition) is 0. The Morgan fingerprint density at radius 2 is 1.89 bits per heavy atom. The topological polar surface area (TPSA) is 86.0 Å². The summed E-state index contributed by atoms with van der Waals surface area (Å²) in [6.45, 7) is 2.39. The van der Waals surface area contributed by atoms with Crippen LogP contribution in [0.3, 0.4) is 0 Å². The van der Waals surface area contributed by atoms with E-state index in [-0.39, 0.29) is 5.56 Å². The van der Waals surface area contributed by atoms with Gasteiger partial charge < -0.3 is 9.64 Å². The molecule has 1 aliphatic rings. The first-order valence-corrected chi connectivity index (χ1v) is 9.32. The summed E-state index contributed by atoms with van der Waals surface area (Å²) in [4.78, 5) is 31.8. The summed E-state index contributed by atoms with van der Waals surface area (Å²) in [5, 5.41) is 0. The molecule has 0 N–H and O–H groups in total. The van der Waals surface area contributed by atoms with Crippen LogP contribution in [0.15, 0.2) is 54.0 Å². The quantitative estimate of drug-likeness (QED) is 0.671. The van der Waals surface area contributed by atoms with Crippen LogP contribution in [0.25, 0.3) is 11.3 Å². The first kappa shape index (κ1) is 18.1. The van der Waals surface area contributed by atoms with Crippen LogP contribution in [0, 0.1) is 5.92 Å². The van der Waals surface area contributed by atoms with Crippen LogP contribution in [0.4, 0.5) is 5.95 Å². The number of hydrogen-bond acceptors (Lipinski definition) is 7.